The normalized spacial score (nSPS) is 13.7. The Labute approximate surface area is 333 Å². The Bertz CT molecular complexity index is 938. The van der Waals surface area contributed by atoms with Crippen LogP contribution < -0.4 is 0 Å². The smallest absolute Gasteiger partial charge is 0.462 e. The largest absolute Gasteiger partial charge is 0.475 e. The summed E-state index contributed by atoms with van der Waals surface area (Å²) in [6.45, 7) is 6.71. The van der Waals surface area contributed by atoms with Crippen LogP contribution in [0.15, 0.2) is 12.2 Å². The van der Waals surface area contributed by atoms with Crippen molar-refractivity contribution >= 4 is 19.8 Å². The second kappa shape index (κ2) is 37.3. The maximum absolute atomic E-state index is 13.3. The third kappa shape index (κ3) is 37.7. The number of carbonyl (C=O) groups excluding carboxylic acids is 2. The molecule has 0 spiro atoms. The second-order valence-corrected chi connectivity index (χ2v) is 17.8. The Morgan fingerprint density at radius 2 is 0.963 bits per heavy atom. The van der Waals surface area contributed by atoms with Crippen LogP contribution in [-0.4, -0.2) is 76.6 Å². The number of quaternary nitrogens is 1. The lowest BCUT2D eigenvalue weighted by Gasteiger charge is -2.25. The fourth-order valence-corrected chi connectivity index (χ4v) is 7.31. The first-order valence-electron chi connectivity index (χ1n) is 22.4. The molecule has 0 bridgehead atoms. The molecule has 0 aromatic carbocycles. The Morgan fingerprint density at radius 3 is 1.41 bits per heavy atom. The average molecular weight is 789 g/mol. The molecule has 0 N–H and O–H groups in total. The lowest BCUT2D eigenvalue weighted by Crippen LogP contribution is -2.37. The first-order valence-corrected chi connectivity index (χ1v) is 23.9. The van der Waals surface area contributed by atoms with Gasteiger partial charge in [0, 0.05) is 12.8 Å². The fourth-order valence-electron chi connectivity index (χ4n) is 6.12. The van der Waals surface area contributed by atoms with E-state index < -0.39 is 13.9 Å². The SMILES string of the molecule is CCCCCCCC/C=C/CCCCCCCC(=O)OC(COC(=O)CCCCCCCCCCCCCCC)COP(=O)(OCC)OCC[N+](C)(C)C. The Hall–Kier alpha value is -1.25. The summed E-state index contributed by atoms with van der Waals surface area (Å²) < 4.78 is 41.7. The number of ether oxygens (including phenoxy) is 2. The van der Waals surface area contributed by atoms with Gasteiger partial charge in [0.1, 0.15) is 19.8 Å². The highest BCUT2D eigenvalue weighted by atomic mass is 31.2. The van der Waals surface area contributed by atoms with Gasteiger partial charge in [-0.05, 0) is 45.4 Å². The van der Waals surface area contributed by atoms with Crippen molar-refractivity contribution in [3.8, 4) is 0 Å². The predicted molar refractivity (Wildman–Crippen MR) is 225 cm³/mol. The summed E-state index contributed by atoms with van der Waals surface area (Å²) in [5, 5.41) is 0. The van der Waals surface area contributed by atoms with E-state index in [2.05, 4.69) is 26.0 Å². The third-order valence-corrected chi connectivity index (χ3v) is 11.1. The van der Waals surface area contributed by atoms with Crippen LogP contribution in [0.3, 0.4) is 0 Å². The molecule has 54 heavy (non-hydrogen) atoms. The molecule has 0 aromatic rings. The number of phosphoric ester groups is 1. The number of nitrogens with zero attached hydrogens (tertiary/aromatic N) is 1. The molecule has 2 atom stereocenters. The minimum absolute atomic E-state index is 0.135. The van der Waals surface area contributed by atoms with Crippen LogP contribution in [0.25, 0.3) is 0 Å². The van der Waals surface area contributed by atoms with Gasteiger partial charge in [0.2, 0.25) is 0 Å². The highest BCUT2D eigenvalue weighted by Gasteiger charge is 2.30. The lowest BCUT2D eigenvalue weighted by atomic mass is 10.0. The number of esters is 2. The molecule has 0 radical (unpaired) electrons. The molecule has 0 saturated carbocycles. The van der Waals surface area contributed by atoms with Crippen LogP contribution in [0.1, 0.15) is 201 Å². The summed E-state index contributed by atoms with van der Waals surface area (Å²) in [5.74, 6) is -0.713. The molecular weight excluding hydrogens is 701 g/mol. The number of allylic oxidation sites excluding steroid dienone is 2. The van der Waals surface area contributed by atoms with Crippen molar-refractivity contribution < 1.29 is 41.7 Å². The van der Waals surface area contributed by atoms with Crippen molar-refractivity contribution in [3.63, 3.8) is 0 Å². The van der Waals surface area contributed by atoms with Gasteiger partial charge < -0.3 is 14.0 Å². The van der Waals surface area contributed by atoms with Gasteiger partial charge in [-0.3, -0.25) is 23.2 Å². The zero-order valence-corrected chi connectivity index (χ0v) is 37.1. The summed E-state index contributed by atoms with van der Waals surface area (Å²) in [6, 6.07) is 0. The van der Waals surface area contributed by atoms with Crippen LogP contribution in [0, 0.1) is 0 Å². The molecule has 0 amide bonds. The lowest BCUT2D eigenvalue weighted by molar-refractivity contribution is -0.870. The summed E-state index contributed by atoms with van der Waals surface area (Å²) in [6.07, 6.45) is 35.8. The third-order valence-electron chi connectivity index (χ3n) is 9.57. The van der Waals surface area contributed by atoms with Gasteiger partial charge in [0.25, 0.3) is 0 Å². The minimum atomic E-state index is -3.89. The number of hydrogen-bond acceptors (Lipinski definition) is 8. The predicted octanol–water partition coefficient (Wildman–Crippen LogP) is 12.8. The van der Waals surface area contributed by atoms with Crippen LogP contribution in [0.5, 0.6) is 0 Å². The molecule has 0 aromatic heterocycles. The van der Waals surface area contributed by atoms with E-state index in [0.29, 0.717) is 17.4 Å². The van der Waals surface area contributed by atoms with Crippen LogP contribution >= 0.6 is 7.82 Å². The molecule has 0 aliphatic rings. The number of hydrogen-bond donors (Lipinski definition) is 0. The molecule has 9 nitrogen and oxygen atoms in total. The summed E-state index contributed by atoms with van der Waals surface area (Å²) in [5.41, 5.74) is 0. The van der Waals surface area contributed by atoms with Crippen LogP contribution in [0.4, 0.5) is 0 Å². The Morgan fingerprint density at radius 1 is 0.537 bits per heavy atom. The molecule has 0 rings (SSSR count). The van der Waals surface area contributed by atoms with E-state index >= 15 is 0 Å². The average Bonchev–Trinajstić information content (AvgIpc) is 3.12. The van der Waals surface area contributed by atoms with Crippen molar-refractivity contribution in [2.75, 3.05) is 54.1 Å². The highest BCUT2D eigenvalue weighted by molar-refractivity contribution is 7.48. The van der Waals surface area contributed by atoms with Gasteiger partial charge in [-0.15, -0.1) is 0 Å². The van der Waals surface area contributed by atoms with E-state index in [1.54, 1.807) is 6.92 Å². The molecule has 320 valence electrons. The van der Waals surface area contributed by atoms with Gasteiger partial charge in [0.15, 0.2) is 6.10 Å². The van der Waals surface area contributed by atoms with Crippen molar-refractivity contribution in [2.45, 2.75) is 207 Å². The monoisotopic (exact) mass is 789 g/mol. The molecular formula is C44H87NO8P+. The van der Waals surface area contributed by atoms with E-state index in [4.69, 9.17) is 23.0 Å². The zero-order valence-electron chi connectivity index (χ0n) is 36.2. The van der Waals surface area contributed by atoms with Crippen molar-refractivity contribution in [3.05, 3.63) is 12.2 Å². The molecule has 0 saturated heterocycles. The molecule has 2 unspecified atom stereocenters. The summed E-state index contributed by atoms with van der Waals surface area (Å²) >= 11 is 0. The van der Waals surface area contributed by atoms with Crippen molar-refractivity contribution in [1.82, 2.24) is 0 Å². The first-order chi connectivity index (χ1) is 26.0. The van der Waals surface area contributed by atoms with E-state index in [1.165, 1.54) is 109 Å². The summed E-state index contributed by atoms with van der Waals surface area (Å²) in [7, 11) is 2.13. The minimum Gasteiger partial charge on any atom is -0.462 e. The van der Waals surface area contributed by atoms with E-state index in [-0.39, 0.29) is 44.8 Å². The number of carbonyl (C=O) groups is 2. The van der Waals surface area contributed by atoms with Gasteiger partial charge >= 0.3 is 19.8 Å². The number of rotatable bonds is 41. The van der Waals surface area contributed by atoms with E-state index in [1.807, 2.05) is 21.1 Å². The van der Waals surface area contributed by atoms with Crippen molar-refractivity contribution in [2.24, 2.45) is 0 Å². The highest BCUT2D eigenvalue weighted by Crippen LogP contribution is 2.49. The van der Waals surface area contributed by atoms with E-state index in [0.717, 1.165) is 57.8 Å². The van der Waals surface area contributed by atoms with Crippen LogP contribution in [-0.2, 0) is 37.2 Å². The van der Waals surface area contributed by atoms with Crippen molar-refractivity contribution in [1.29, 1.82) is 0 Å². The number of phosphoric acid groups is 1. The standard InChI is InChI=1S/C44H87NO8P/c1-7-10-12-14-16-18-20-22-23-25-27-29-31-33-35-37-44(47)53-42(41-52-54(48,50-9-3)51-39-38-45(4,5)6)40-49-43(46)36-34-32-30-28-26-24-21-19-17-15-13-11-8-2/h22-23,42H,7-21,24-41H2,1-6H3/q+1/b23-22+. The van der Waals surface area contributed by atoms with Gasteiger partial charge in [-0.25, -0.2) is 4.57 Å². The molecule has 0 heterocycles. The number of likely N-dealkylation sites (N-methyl/N-ethyl adjacent to an activating group) is 1. The maximum atomic E-state index is 13.3. The molecule has 10 heteroatoms. The molecule has 0 aliphatic heterocycles. The van der Waals surface area contributed by atoms with Crippen LogP contribution in [0.2, 0.25) is 0 Å². The van der Waals surface area contributed by atoms with Gasteiger partial charge in [-0.2, -0.15) is 0 Å². The second-order valence-electron chi connectivity index (χ2n) is 16.1. The Kier molecular flexibility index (Phi) is 36.5. The quantitative estimate of drug-likeness (QED) is 0.0199. The number of unbranched alkanes of at least 4 members (excludes halogenated alkanes) is 23. The summed E-state index contributed by atoms with van der Waals surface area (Å²) in [4.78, 5) is 25.4. The Balaban J connectivity index is 4.57. The topological polar surface area (TPSA) is 97.4 Å². The molecule has 0 fully saturated rings. The first kappa shape index (κ1) is 52.8. The molecule has 0 aliphatic carbocycles. The maximum Gasteiger partial charge on any atom is 0.475 e. The van der Waals surface area contributed by atoms with E-state index in [9.17, 15) is 14.2 Å². The van der Waals surface area contributed by atoms with Gasteiger partial charge in [-0.1, -0.05) is 154 Å². The zero-order chi connectivity index (χ0) is 40.0. The van der Waals surface area contributed by atoms with Gasteiger partial charge in [0.05, 0.1) is 34.4 Å². The fraction of sp³-hybridized carbons (Fsp3) is 0.909.